The van der Waals surface area contributed by atoms with Crippen molar-refractivity contribution in [2.75, 3.05) is 6.61 Å². The molecular weight excluding hydrogens is 416 g/mol. The fourth-order valence-corrected chi connectivity index (χ4v) is 3.56. The van der Waals surface area contributed by atoms with E-state index in [0.717, 1.165) is 0 Å². The van der Waals surface area contributed by atoms with Crippen LogP contribution in [0, 0.1) is 0 Å². The molecule has 0 aliphatic carbocycles. The van der Waals surface area contributed by atoms with E-state index in [9.17, 15) is 0 Å². The highest BCUT2D eigenvalue weighted by molar-refractivity contribution is 7.98. The van der Waals surface area contributed by atoms with Crippen molar-refractivity contribution >= 4 is 23.4 Å². The van der Waals surface area contributed by atoms with Crippen molar-refractivity contribution in [3.63, 3.8) is 0 Å². The lowest BCUT2D eigenvalue weighted by Crippen LogP contribution is -2.21. The highest BCUT2D eigenvalue weighted by atomic mass is 35.5. The number of nitrogens with zero attached hydrogens (tertiary/aromatic N) is 4. The first-order valence-electron chi connectivity index (χ1n) is 8.68. The monoisotopic (exact) mass is 428 g/mol. The molecule has 4 aromatic rings. The van der Waals surface area contributed by atoms with Crippen LogP contribution in [0.5, 0.6) is 11.5 Å². The third-order valence-corrected chi connectivity index (χ3v) is 5.25. The van der Waals surface area contributed by atoms with E-state index in [1.165, 1.54) is 11.8 Å². The van der Waals surface area contributed by atoms with Gasteiger partial charge in [0.25, 0.3) is 17.0 Å². The number of rotatable bonds is 5. The Kier molecular flexibility index (Phi) is 4.82. The number of fused-ring (bicyclic) bond motifs is 1. The predicted octanol–water partition coefficient (Wildman–Crippen LogP) is 4.58. The predicted molar refractivity (Wildman–Crippen MR) is 104 cm³/mol. The van der Waals surface area contributed by atoms with Gasteiger partial charge in [0, 0.05) is 0 Å². The van der Waals surface area contributed by atoms with Crippen LogP contribution >= 0.6 is 23.4 Å². The van der Waals surface area contributed by atoms with E-state index in [1.807, 2.05) is 42.5 Å². The summed E-state index contributed by atoms with van der Waals surface area (Å²) >= 11 is 7.46. The zero-order valence-corrected chi connectivity index (χ0v) is 16.4. The molecule has 0 fully saturated rings. The standard InChI is InChI=1S/C19H13ClN4O4S/c20-12-6-2-1-5-11(12)17-21-16(24-28-17)10-29-19-23-22-18(27-19)15-9-25-13-7-3-4-8-14(13)26-15/h1-8,15H,9-10H2/t15-/m1/s1. The molecule has 10 heteroatoms. The summed E-state index contributed by atoms with van der Waals surface area (Å²) in [6, 6.07) is 14.7. The third-order valence-electron chi connectivity index (χ3n) is 4.10. The summed E-state index contributed by atoms with van der Waals surface area (Å²) in [5, 5.41) is 13.0. The molecule has 1 aliphatic heterocycles. The molecule has 5 rings (SSSR count). The second-order valence-corrected chi connectivity index (χ2v) is 7.39. The second kappa shape index (κ2) is 7.76. The molecule has 29 heavy (non-hydrogen) atoms. The molecule has 8 nitrogen and oxygen atoms in total. The van der Waals surface area contributed by atoms with Gasteiger partial charge in [-0.1, -0.05) is 52.8 Å². The van der Waals surface area contributed by atoms with E-state index >= 15 is 0 Å². The average Bonchev–Trinajstić information content (AvgIpc) is 3.42. The molecule has 1 aliphatic rings. The van der Waals surface area contributed by atoms with Gasteiger partial charge in [-0.3, -0.25) is 0 Å². The van der Waals surface area contributed by atoms with Gasteiger partial charge in [0.2, 0.25) is 6.10 Å². The topological polar surface area (TPSA) is 96.3 Å². The minimum Gasteiger partial charge on any atom is -0.485 e. The molecular formula is C19H13ClN4O4S. The van der Waals surface area contributed by atoms with Crippen LogP contribution in [-0.4, -0.2) is 26.9 Å². The average molecular weight is 429 g/mol. The van der Waals surface area contributed by atoms with Crippen molar-refractivity contribution in [3.8, 4) is 23.0 Å². The number of ether oxygens (including phenoxy) is 2. The van der Waals surface area contributed by atoms with Gasteiger partial charge < -0.3 is 18.4 Å². The lowest BCUT2D eigenvalue weighted by Gasteiger charge is -2.23. The number of hydrogen-bond acceptors (Lipinski definition) is 9. The molecule has 0 radical (unpaired) electrons. The second-order valence-electron chi connectivity index (χ2n) is 6.05. The van der Waals surface area contributed by atoms with Gasteiger partial charge in [0.15, 0.2) is 17.3 Å². The molecule has 1 atom stereocenters. The molecule has 0 saturated carbocycles. The first kappa shape index (κ1) is 18.0. The summed E-state index contributed by atoms with van der Waals surface area (Å²) in [6.45, 7) is 0.301. The molecule has 2 aromatic heterocycles. The number of halogens is 1. The SMILES string of the molecule is Clc1ccccc1-c1nc(CSc2nnc([C@H]3COc4ccccc4O3)o2)no1. The first-order chi connectivity index (χ1) is 14.3. The van der Waals surface area contributed by atoms with E-state index in [4.69, 9.17) is 30.0 Å². The smallest absolute Gasteiger partial charge is 0.277 e. The van der Waals surface area contributed by atoms with Crippen molar-refractivity contribution in [1.82, 2.24) is 20.3 Å². The summed E-state index contributed by atoms with van der Waals surface area (Å²) in [6.07, 6.45) is -0.455. The summed E-state index contributed by atoms with van der Waals surface area (Å²) in [4.78, 5) is 4.36. The highest BCUT2D eigenvalue weighted by Crippen LogP contribution is 2.36. The zero-order chi connectivity index (χ0) is 19.6. The van der Waals surface area contributed by atoms with E-state index in [0.29, 0.717) is 57.3 Å². The van der Waals surface area contributed by atoms with Gasteiger partial charge in [-0.15, -0.1) is 10.2 Å². The lowest BCUT2D eigenvalue weighted by molar-refractivity contribution is 0.0686. The zero-order valence-electron chi connectivity index (χ0n) is 14.8. The molecule has 0 spiro atoms. The van der Waals surface area contributed by atoms with Gasteiger partial charge in [0.1, 0.15) is 6.61 Å². The third kappa shape index (κ3) is 3.79. The quantitative estimate of drug-likeness (QED) is 0.423. The summed E-state index contributed by atoms with van der Waals surface area (Å²) in [5.74, 6) is 2.96. The van der Waals surface area contributed by atoms with Crippen molar-refractivity contribution < 1.29 is 18.4 Å². The summed E-state index contributed by atoms with van der Waals surface area (Å²) in [5.41, 5.74) is 0.688. The van der Waals surface area contributed by atoms with Gasteiger partial charge in [-0.25, -0.2) is 0 Å². The molecule has 0 N–H and O–H groups in total. The number of aromatic nitrogens is 4. The lowest BCUT2D eigenvalue weighted by atomic mass is 10.2. The van der Waals surface area contributed by atoms with Crippen LogP contribution in [0.15, 0.2) is 62.7 Å². The Labute approximate surface area is 174 Å². The highest BCUT2D eigenvalue weighted by Gasteiger charge is 2.27. The van der Waals surface area contributed by atoms with Crippen molar-refractivity contribution in [2.24, 2.45) is 0 Å². The molecule has 3 heterocycles. The van der Waals surface area contributed by atoms with Gasteiger partial charge >= 0.3 is 0 Å². The summed E-state index contributed by atoms with van der Waals surface area (Å²) < 4.78 is 22.5. The Morgan fingerprint density at radius 3 is 2.76 bits per heavy atom. The van der Waals surface area contributed by atoms with Crippen molar-refractivity contribution in [1.29, 1.82) is 0 Å². The fourth-order valence-electron chi connectivity index (χ4n) is 2.73. The maximum absolute atomic E-state index is 6.16. The molecule has 0 unspecified atom stereocenters. The Bertz CT molecular complexity index is 1150. The van der Waals surface area contributed by atoms with Crippen LogP contribution in [0.1, 0.15) is 17.8 Å². The minimum atomic E-state index is -0.455. The molecule has 146 valence electrons. The molecule has 0 saturated heterocycles. The molecule has 2 aromatic carbocycles. The summed E-state index contributed by atoms with van der Waals surface area (Å²) in [7, 11) is 0. The van der Waals surface area contributed by atoms with Crippen LogP contribution in [0.2, 0.25) is 5.02 Å². The maximum Gasteiger partial charge on any atom is 0.277 e. The Morgan fingerprint density at radius 2 is 1.86 bits per heavy atom. The Hall–Kier alpha value is -3.04. The van der Waals surface area contributed by atoms with E-state index in [2.05, 4.69) is 20.3 Å². The first-order valence-corrected chi connectivity index (χ1v) is 10.0. The minimum absolute atomic E-state index is 0.301. The molecule has 0 bridgehead atoms. The van der Waals surface area contributed by atoms with Crippen LogP contribution in [-0.2, 0) is 5.75 Å². The van der Waals surface area contributed by atoms with Crippen LogP contribution in [0.4, 0.5) is 0 Å². The number of thioether (sulfide) groups is 1. The van der Waals surface area contributed by atoms with E-state index in [-0.39, 0.29) is 0 Å². The largest absolute Gasteiger partial charge is 0.485 e. The van der Waals surface area contributed by atoms with Crippen molar-refractivity contribution in [3.05, 3.63) is 65.3 Å². The molecule has 0 amide bonds. The van der Waals surface area contributed by atoms with Crippen LogP contribution in [0.3, 0.4) is 0 Å². The Balaban J connectivity index is 1.23. The fraction of sp³-hybridized carbons (Fsp3) is 0.158. The van der Waals surface area contributed by atoms with Crippen LogP contribution < -0.4 is 9.47 Å². The van der Waals surface area contributed by atoms with Gasteiger partial charge in [0.05, 0.1) is 16.3 Å². The van der Waals surface area contributed by atoms with E-state index in [1.54, 1.807) is 6.07 Å². The van der Waals surface area contributed by atoms with Crippen molar-refractivity contribution in [2.45, 2.75) is 17.1 Å². The van der Waals surface area contributed by atoms with Crippen LogP contribution in [0.25, 0.3) is 11.5 Å². The number of hydrogen-bond donors (Lipinski definition) is 0. The van der Waals surface area contributed by atoms with Gasteiger partial charge in [-0.2, -0.15) is 4.98 Å². The number of para-hydroxylation sites is 2. The normalized spacial score (nSPS) is 15.4. The van der Waals surface area contributed by atoms with E-state index < -0.39 is 6.10 Å². The number of benzene rings is 2. The van der Waals surface area contributed by atoms with Gasteiger partial charge in [-0.05, 0) is 24.3 Å². The Morgan fingerprint density at radius 1 is 1.03 bits per heavy atom. The maximum atomic E-state index is 6.16.